The fourth-order valence-electron chi connectivity index (χ4n) is 1.53. The van der Waals surface area contributed by atoms with E-state index in [0.29, 0.717) is 6.04 Å². The molecule has 0 radical (unpaired) electrons. The molecule has 1 aliphatic carbocycles. The van der Waals surface area contributed by atoms with Crippen LogP contribution in [0, 0.1) is 0 Å². The minimum atomic E-state index is 0. The minimum Gasteiger partial charge on any atom is -0.354 e. The summed E-state index contributed by atoms with van der Waals surface area (Å²) in [4.78, 5) is 10.6. The Bertz CT molecular complexity index is 121. The third kappa shape index (κ3) is 2.38. The summed E-state index contributed by atoms with van der Waals surface area (Å²) in [6.45, 7) is 1.59. The lowest BCUT2D eigenvalue weighted by molar-refractivity contribution is -0.119. The Kier molecular flexibility index (Phi) is 2.72. The van der Waals surface area contributed by atoms with E-state index < -0.39 is 0 Å². The first-order valence-electron chi connectivity index (χ1n) is 4.06. The maximum Gasteiger partial charge on any atom is 0.217 e. The second kappa shape index (κ2) is 3.59. The smallest absolute Gasteiger partial charge is 0.217 e. The van der Waals surface area contributed by atoms with Crippen LogP contribution in [0.5, 0.6) is 0 Å². The van der Waals surface area contributed by atoms with Gasteiger partial charge < -0.3 is 5.32 Å². The summed E-state index contributed by atoms with van der Waals surface area (Å²) >= 11 is 0. The van der Waals surface area contributed by atoms with Crippen LogP contribution in [0.1, 0.15) is 40.5 Å². The summed E-state index contributed by atoms with van der Waals surface area (Å²) in [5.41, 5.74) is 0. The molecule has 1 fully saturated rings. The van der Waals surface area contributed by atoms with Crippen molar-refractivity contribution in [2.24, 2.45) is 0 Å². The van der Waals surface area contributed by atoms with E-state index in [4.69, 9.17) is 0 Å². The zero-order valence-electron chi connectivity index (χ0n) is 6.52. The molecule has 2 nitrogen and oxygen atoms in total. The predicted molar refractivity (Wildman–Crippen MR) is 42.8 cm³/mol. The molecule has 60 valence electrons. The van der Waals surface area contributed by atoms with Crippen molar-refractivity contribution in [3.8, 4) is 0 Å². The van der Waals surface area contributed by atoms with Gasteiger partial charge in [0.05, 0.1) is 0 Å². The Hall–Kier alpha value is -0.530. The van der Waals surface area contributed by atoms with Crippen molar-refractivity contribution in [2.75, 3.05) is 0 Å². The highest BCUT2D eigenvalue weighted by molar-refractivity contribution is 5.73. The van der Waals surface area contributed by atoms with Crippen LogP contribution in [0.4, 0.5) is 0 Å². The average Bonchev–Trinajstić information content (AvgIpc) is 1.88. The molecule has 1 aliphatic rings. The molecule has 1 saturated carbocycles. The van der Waals surface area contributed by atoms with Gasteiger partial charge in [0.15, 0.2) is 0 Å². The Morgan fingerprint density at radius 2 is 2.00 bits per heavy atom. The molecule has 0 atom stereocenters. The Labute approximate surface area is 63.5 Å². The van der Waals surface area contributed by atoms with E-state index in [1.807, 2.05) is 0 Å². The largest absolute Gasteiger partial charge is 0.354 e. The van der Waals surface area contributed by atoms with Gasteiger partial charge in [-0.15, -0.1) is 0 Å². The molecule has 1 N–H and O–H groups in total. The van der Waals surface area contributed by atoms with E-state index in [2.05, 4.69) is 5.32 Å². The van der Waals surface area contributed by atoms with Crippen molar-refractivity contribution in [3.63, 3.8) is 0 Å². The van der Waals surface area contributed by atoms with Crippen molar-refractivity contribution in [1.82, 2.24) is 5.32 Å². The van der Waals surface area contributed by atoms with Gasteiger partial charge in [0, 0.05) is 14.4 Å². The highest BCUT2D eigenvalue weighted by atomic mass is 16.1. The molecule has 0 unspecified atom stereocenters. The summed E-state index contributed by atoms with van der Waals surface area (Å²) in [5, 5.41) is 2.94. The molecule has 0 bridgehead atoms. The summed E-state index contributed by atoms with van der Waals surface area (Å²) in [6.07, 6.45) is 6.27. The van der Waals surface area contributed by atoms with Gasteiger partial charge in [0.25, 0.3) is 0 Å². The number of carbonyl (C=O) groups excluding carboxylic acids is 1. The summed E-state index contributed by atoms with van der Waals surface area (Å²) < 4.78 is 0. The number of carbonyl (C=O) groups is 1. The lowest BCUT2D eigenvalue weighted by Gasteiger charge is -2.21. The zero-order valence-corrected chi connectivity index (χ0v) is 6.52. The Balaban J connectivity index is 0.000001000. The highest BCUT2D eigenvalue weighted by Crippen LogP contribution is 2.16. The first-order chi connectivity index (χ1) is 4.79. The summed E-state index contributed by atoms with van der Waals surface area (Å²) in [7, 11) is 0. The molecule has 0 aromatic heterocycles. The van der Waals surface area contributed by atoms with Gasteiger partial charge >= 0.3 is 0 Å². The van der Waals surface area contributed by atoms with Gasteiger partial charge in [0.1, 0.15) is 0 Å². The molecular weight excluding hydrogens is 126 g/mol. The molecule has 0 heterocycles. The van der Waals surface area contributed by atoms with E-state index in [1.54, 1.807) is 6.92 Å². The molecule has 1 rings (SSSR count). The quantitative estimate of drug-likeness (QED) is 0.594. The molecule has 0 aliphatic heterocycles. The average molecular weight is 143 g/mol. The Morgan fingerprint density at radius 3 is 2.50 bits per heavy atom. The van der Waals surface area contributed by atoms with Crippen molar-refractivity contribution in [2.45, 2.75) is 45.1 Å². The fraction of sp³-hybridized carbons (Fsp3) is 0.875. The van der Waals surface area contributed by atoms with Crippen LogP contribution in [0.3, 0.4) is 0 Å². The maximum atomic E-state index is 10.6. The predicted octanol–water partition coefficient (Wildman–Crippen LogP) is 1.70. The van der Waals surface area contributed by atoms with E-state index >= 15 is 0 Å². The highest BCUT2D eigenvalue weighted by Gasteiger charge is 2.12. The van der Waals surface area contributed by atoms with E-state index in [1.165, 1.54) is 32.1 Å². The van der Waals surface area contributed by atoms with Gasteiger partial charge in [-0.3, -0.25) is 4.79 Å². The van der Waals surface area contributed by atoms with E-state index in [0.717, 1.165) is 0 Å². The topological polar surface area (TPSA) is 29.1 Å². The van der Waals surface area contributed by atoms with E-state index in [9.17, 15) is 4.79 Å². The fourth-order valence-corrected chi connectivity index (χ4v) is 1.53. The number of hydrogen-bond acceptors (Lipinski definition) is 1. The lowest BCUT2D eigenvalue weighted by Crippen LogP contribution is -2.34. The molecule has 2 heteroatoms. The second-order valence-corrected chi connectivity index (χ2v) is 3.04. The number of amides is 1. The van der Waals surface area contributed by atoms with Crippen LogP contribution in [0.25, 0.3) is 0 Å². The normalized spacial score (nSPS) is 20.5. The van der Waals surface area contributed by atoms with Gasteiger partial charge in [0.2, 0.25) is 5.91 Å². The maximum absolute atomic E-state index is 10.6. The number of rotatable bonds is 1. The van der Waals surface area contributed by atoms with Crippen molar-refractivity contribution < 1.29 is 6.22 Å². The van der Waals surface area contributed by atoms with Crippen molar-refractivity contribution >= 4 is 5.91 Å². The van der Waals surface area contributed by atoms with Gasteiger partial charge in [-0.05, 0) is 12.8 Å². The van der Waals surface area contributed by atoms with Gasteiger partial charge in [-0.2, -0.15) is 0 Å². The van der Waals surface area contributed by atoms with Crippen LogP contribution in [0.2, 0.25) is 0 Å². The molecular formula is C8H17NO. The Morgan fingerprint density at radius 1 is 1.40 bits per heavy atom. The van der Waals surface area contributed by atoms with Crippen molar-refractivity contribution in [1.29, 1.82) is 0 Å². The number of hydrogen-bond donors (Lipinski definition) is 1. The molecule has 0 spiro atoms. The molecule has 0 aromatic rings. The zero-order chi connectivity index (χ0) is 7.40. The van der Waals surface area contributed by atoms with E-state index in [-0.39, 0.29) is 7.33 Å². The third-order valence-corrected chi connectivity index (χ3v) is 2.01. The first-order valence-corrected chi connectivity index (χ1v) is 4.06. The molecule has 10 heavy (non-hydrogen) atoms. The van der Waals surface area contributed by atoms with Crippen LogP contribution < -0.4 is 5.32 Å². The first kappa shape index (κ1) is 7.58. The molecule has 0 aromatic carbocycles. The monoisotopic (exact) mass is 143 g/mol. The minimum absolute atomic E-state index is 0. The van der Waals surface area contributed by atoms with Crippen LogP contribution in [-0.2, 0) is 4.79 Å². The molecule has 1 amide bonds. The van der Waals surface area contributed by atoms with Gasteiger partial charge in [-0.1, -0.05) is 19.3 Å². The molecule has 0 saturated heterocycles. The standard InChI is InChI=1S/C8H15NO.H2/c1-7(10)9-8-5-3-2-4-6-8;/h8H,2-6H2,1H3,(H,9,10);1H. The summed E-state index contributed by atoms with van der Waals surface area (Å²) in [5.74, 6) is 0.118. The number of nitrogens with one attached hydrogen (secondary N) is 1. The second-order valence-electron chi connectivity index (χ2n) is 3.04. The van der Waals surface area contributed by atoms with Crippen LogP contribution >= 0.6 is 0 Å². The lowest BCUT2D eigenvalue weighted by atomic mass is 9.95. The SMILES string of the molecule is CC(=O)NC1CCCCC1.[HH]. The van der Waals surface area contributed by atoms with Crippen LogP contribution in [-0.4, -0.2) is 11.9 Å². The third-order valence-electron chi connectivity index (χ3n) is 2.01. The summed E-state index contributed by atoms with van der Waals surface area (Å²) in [6, 6.07) is 0.478. The van der Waals surface area contributed by atoms with Crippen LogP contribution in [0.15, 0.2) is 0 Å². The van der Waals surface area contributed by atoms with Gasteiger partial charge in [-0.25, -0.2) is 0 Å². The van der Waals surface area contributed by atoms with Crippen molar-refractivity contribution in [3.05, 3.63) is 0 Å².